The van der Waals surface area contributed by atoms with Gasteiger partial charge in [-0.05, 0) is 62.3 Å². The third-order valence-electron chi connectivity index (χ3n) is 6.38. The number of pyridine rings is 1. The van der Waals surface area contributed by atoms with Crippen molar-refractivity contribution in [3.05, 3.63) is 33.7 Å². The third-order valence-corrected chi connectivity index (χ3v) is 6.38. The summed E-state index contributed by atoms with van der Waals surface area (Å²) >= 11 is 0. The van der Waals surface area contributed by atoms with E-state index in [2.05, 4.69) is 10.1 Å². The molecule has 4 aliphatic carbocycles. The number of nitrogens with one attached hydrogen (secondary N) is 1. The fourth-order valence-electron chi connectivity index (χ4n) is 5.82. The summed E-state index contributed by atoms with van der Waals surface area (Å²) in [4.78, 5) is 36.9. The van der Waals surface area contributed by atoms with E-state index in [0.29, 0.717) is 17.8 Å². The highest BCUT2D eigenvalue weighted by atomic mass is 16.5. The molecule has 1 N–H and O–H groups in total. The number of nitriles is 1. The number of esters is 1. The fraction of sp³-hybridized carbons (Fsp3) is 0.600. The van der Waals surface area contributed by atoms with Gasteiger partial charge in [-0.25, -0.2) is 4.79 Å². The Kier molecular flexibility index (Phi) is 4.29. The zero-order valence-corrected chi connectivity index (χ0v) is 15.4. The summed E-state index contributed by atoms with van der Waals surface area (Å²) in [5, 5.41) is 12.4. The van der Waals surface area contributed by atoms with Crippen LogP contribution < -0.4 is 10.9 Å². The summed E-state index contributed by atoms with van der Waals surface area (Å²) in [6.07, 6.45) is 8.18. The molecule has 1 heterocycles. The molecule has 1 aromatic heterocycles. The first-order chi connectivity index (χ1) is 12.9. The van der Waals surface area contributed by atoms with Crippen molar-refractivity contribution >= 4 is 11.9 Å². The molecule has 7 heteroatoms. The average Bonchev–Trinajstić information content (AvgIpc) is 2.61. The Hall–Kier alpha value is -2.62. The van der Waals surface area contributed by atoms with Crippen LogP contribution in [-0.4, -0.2) is 29.1 Å². The average molecular weight is 369 g/mol. The summed E-state index contributed by atoms with van der Waals surface area (Å²) in [5.41, 5.74) is -0.824. The maximum absolute atomic E-state index is 12.7. The van der Waals surface area contributed by atoms with Gasteiger partial charge in [0.25, 0.3) is 5.56 Å². The molecule has 0 aromatic carbocycles. The molecule has 0 radical (unpaired) electrons. The number of ether oxygens (including phenoxy) is 1. The van der Waals surface area contributed by atoms with Crippen molar-refractivity contribution < 1.29 is 14.3 Å². The summed E-state index contributed by atoms with van der Waals surface area (Å²) in [6, 6.07) is 2.98. The molecule has 0 aliphatic heterocycles. The van der Waals surface area contributed by atoms with Crippen molar-refractivity contribution in [2.75, 3.05) is 7.11 Å². The van der Waals surface area contributed by atoms with Gasteiger partial charge in [-0.1, -0.05) is 0 Å². The lowest BCUT2D eigenvalue weighted by Crippen LogP contribution is -2.60. The number of hydrogen-bond acceptors (Lipinski definition) is 5. The molecule has 4 bridgehead atoms. The minimum Gasteiger partial charge on any atom is -0.465 e. The zero-order chi connectivity index (χ0) is 19.2. The highest BCUT2D eigenvalue weighted by Crippen LogP contribution is 2.55. The van der Waals surface area contributed by atoms with Gasteiger partial charge in [-0.2, -0.15) is 5.26 Å². The first-order valence-corrected chi connectivity index (χ1v) is 9.45. The van der Waals surface area contributed by atoms with Gasteiger partial charge in [0, 0.05) is 11.7 Å². The molecule has 1 aromatic rings. The van der Waals surface area contributed by atoms with Crippen molar-refractivity contribution in [1.29, 1.82) is 5.26 Å². The second kappa shape index (κ2) is 6.52. The van der Waals surface area contributed by atoms with Crippen LogP contribution in [0.3, 0.4) is 0 Å². The molecule has 7 nitrogen and oxygen atoms in total. The molecule has 1 amide bonds. The number of nitrogens with zero attached hydrogens (tertiary/aromatic N) is 2. The van der Waals surface area contributed by atoms with E-state index in [1.54, 1.807) is 6.07 Å². The van der Waals surface area contributed by atoms with Gasteiger partial charge >= 0.3 is 5.97 Å². The highest BCUT2D eigenvalue weighted by Gasteiger charge is 2.51. The maximum Gasteiger partial charge on any atom is 0.339 e. The normalized spacial score (nSPS) is 30.6. The molecule has 4 saturated carbocycles. The van der Waals surface area contributed by atoms with Crippen LogP contribution in [-0.2, 0) is 16.1 Å². The van der Waals surface area contributed by atoms with Crippen LogP contribution >= 0.6 is 0 Å². The fourth-order valence-corrected chi connectivity index (χ4v) is 5.82. The van der Waals surface area contributed by atoms with Crippen molar-refractivity contribution in [2.45, 2.75) is 50.6 Å². The van der Waals surface area contributed by atoms with Gasteiger partial charge in [0.15, 0.2) is 0 Å². The van der Waals surface area contributed by atoms with E-state index in [-0.39, 0.29) is 29.1 Å². The predicted octanol–water partition coefficient (Wildman–Crippen LogP) is 1.59. The van der Waals surface area contributed by atoms with Gasteiger partial charge in [0.2, 0.25) is 5.91 Å². The molecule has 0 unspecified atom stereocenters. The van der Waals surface area contributed by atoms with Crippen molar-refractivity contribution in [3.8, 4) is 6.07 Å². The maximum atomic E-state index is 12.7. The second-order valence-corrected chi connectivity index (χ2v) is 8.42. The molecule has 27 heavy (non-hydrogen) atoms. The van der Waals surface area contributed by atoms with Crippen molar-refractivity contribution in [1.82, 2.24) is 9.88 Å². The van der Waals surface area contributed by atoms with Crippen molar-refractivity contribution in [2.24, 2.45) is 17.8 Å². The Morgan fingerprint density at radius 2 is 1.85 bits per heavy atom. The summed E-state index contributed by atoms with van der Waals surface area (Å²) in [5.74, 6) is 1.21. The van der Waals surface area contributed by atoms with Crippen LogP contribution in [0.15, 0.2) is 17.1 Å². The highest BCUT2D eigenvalue weighted by molar-refractivity contribution is 5.89. The number of methoxy groups -OCH3 is 1. The lowest BCUT2D eigenvalue weighted by Gasteiger charge is -2.56. The molecule has 0 spiro atoms. The smallest absolute Gasteiger partial charge is 0.339 e. The first-order valence-electron chi connectivity index (χ1n) is 9.45. The van der Waals surface area contributed by atoms with Crippen molar-refractivity contribution in [3.63, 3.8) is 0 Å². The molecule has 4 fully saturated rings. The predicted molar refractivity (Wildman–Crippen MR) is 95.8 cm³/mol. The Morgan fingerprint density at radius 3 is 2.37 bits per heavy atom. The third kappa shape index (κ3) is 3.25. The molecule has 5 rings (SSSR count). The van der Waals surface area contributed by atoms with Gasteiger partial charge in [0.1, 0.15) is 18.2 Å². The molecule has 0 saturated heterocycles. The summed E-state index contributed by atoms with van der Waals surface area (Å²) < 4.78 is 5.79. The van der Waals surface area contributed by atoms with Gasteiger partial charge in [0.05, 0.1) is 12.7 Å². The molecule has 0 atom stereocenters. The van der Waals surface area contributed by atoms with E-state index in [4.69, 9.17) is 5.26 Å². The van der Waals surface area contributed by atoms with E-state index >= 15 is 0 Å². The number of aromatic nitrogens is 1. The number of amides is 1. The van der Waals surface area contributed by atoms with Crippen LogP contribution in [0, 0.1) is 29.1 Å². The van der Waals surface area contributed by atoms with E-state index < -0.39 is 11.5 Å². The van der Waals surface area contributed by atoms with Crippen LogP contribution in [0.5, 0.6) is 0 Å². The SMILES string of the molecule is COC(=O)c1cc(C#N)c(=O)n(CC(=O)NC23CC4CC(CC(C4)C2)C3)c1. The van der Waals surface area contributed by atoms with Crippen LogP contribution in [0.4, 0.5) is 0 Å². The quantitative estimate of drug-likeness (QED) is 0.812. The van der Waals surface area contributed by atoms with Crippen LogP contribution in [0.1, 0.15) is 54.4 Å². The monoisotopic (exact) mass is 369 g/mol. The van der Waals surface area contributed by atoms with Crippen LogP contribution in [0.2, 0.25) is 0 Å². The second-order valence-electron chi connectivity index (χ2n) is 8.42. The summed E-state index contributed by atoms with van der Waals surface area (Å²) in [6.45, 7) is -0.208. The van der Waals surface area contributed by atoms with E-state index in [9.17, 15) is 14.4 Å². The summed E-state index contributed by atoms with van der Waals surface area (Å²) in [7, 11) is 1.23. The van der Waals surface area contributed by atoms with E-state index in [0.717, 1.165) is 23.8 Å². The Labute approximate surface area is 157 Å². The first kappa shape index (κ1) is 17.8. The topological polar surface area (TPSA) is 101 Å². The van der Waals surface area contributed by atoms with Gasteiger partial charge in [-0.15, -0.1) is 0 Å². The number of rotatable bonds is 4. The Bertz CT molecular complexity index is 860. The molecule has 142 valence electrons. The standard InChI is InChI=1S/C20H23N3O4/c1-27-19(26)16-5-15(9-21)18(25)23(10-16)11-17(24)22-20-6-12-2-13(7-20)4-14(3-12)8-20/h5,10,12-14H,2-4,6-8,11H2,1H3,(H,22,24). The van der Waals surface area contributed by atoms with E-state index in [1.807, 2.05) is 0 Å². The largest absolute Gasteiger partial charge is 0.465 e. The van der Waals surface area contributed by atoms with Crippen LogP contribution in [0.25, 0.3) is 0 Å². The Balaban J connectivity index is 1.54. The van der Waals surface area contributed by atoms with E-state index in [1.165, 1.54) is 38.6 Å². The number of hydrogen-bond donors (Lipinski definition) is 1. The lowest BCUT2D eigenvalue weighted by molar-refractivity contribution is -0.127. The number of carbonyl (C=O) groups is 2. The molecule has 4 aliphatic rings. The Morgan fingerprint density at radius 1 is 1.26 bits per heavy atom. The van der Waals surface area contributed by atoms with Gasteiger partial charge in [-0.3, -0.25) is 9.59 Å². The van der Waals surface area contributed by atoms with Gasteiger partial charge < -0.3 is 14.6 Å². The zero-order valence-electron chi connectivity index (χ0n) is 15.4. The molecular formula is C20H23N3O4. The lowest BCUT2D eigenvalue weighted by atomic mass is 9.53. The minimum absolute atomic E-state index is 0.0799. The number of carbonyl (C=O) groups excluding carboxylic acids is 2. The minimum atomic E-state index is -0.651. The molecular weight excluding hydrogens is 346 g/mol.